The van der Waals surface area contributed by atoms with Gasteiger partial charge in [-0.15, -0.1) is 0 Å². The Morgan fingerprint density at radius 3 is 2.50 bits per heavy atom. The summed E-state index contributed by atoms with van der Waals surface area (Å²) in [4.78, 5) is 32.9. The van der Waals surface area contributed by atoms with Crippen LogP contribution in [0.4, 0.5) is 10.1 Å². The fourth-order valence-corrected chi connectivity index (χ4v) is 2.85. The predicted octanol–water partition coefficient (Wildman–Crippen LogP) is 3.55. The van der Waals surface area contributed by atoms with Crippen LogP contribution in [0.2, 0.25) is 0 Å². The Morgan fingerprint density at radius 2 is 1.75 bits per heavy atom. The highest BCUT2D eigenvalue weighted by Gasteiger charge is 2.14. The van der Waals surface area contributed by atoms with Gasteiger partial charge in [0.1, 0.15) is 17.2 Å². The molecule has 4 aromatic rings. The molecule has 4 rings (SSSR count). The van der Waals surface area contributed by atoms with Crippen molar-refractivity contribution in [3.63, 3.8) is 0 Å². The van der Waals surface area contributed by atoms with Gasteiger partial charge in [0.15, 0.2) is 5.78 Å². The number of pyridine rings is 2. The third kappa shape index (κ3) is 3.64. The first-order chi connectivity index (χ1) is 13.6. The van der Waals surface area contributed by atoms with Gasteiger partial charge < -0.3 is 5.32 Å². The zero-order valence-electron chi connectivity index (χ0n) is 14.7. The highest BCUT2D eigenvalue weighted by atomic mass is 19.1. The van der Waals surface area contributed by atoms with Crippen molar-refractivity contribution in [2.75, 3.05) is 5.32 Å². The van der Waals surface area contributed by atoms with Gasteiger partial charge in [-0.25, -0.2) is 9.37 Å². The molecular weight excluding hydrogens is 359 g/mol. The van der Waals surface area contributed by atoms with Gasteiger partial charge in [-0.1, -0.05) is 12.1 Å². The smallest absolute Gasteiger partial charge is 0.255 e. The maximum absolute atomic E-state index is 13.5. The number of anilines is 1. The molecule has 28 heavy (non-hydrogen) atoms. The minimum atomic E-state index is -0.441. The number of fused-ring (bicyclic) bond motifs is 1. The van der Waals surface area contributed by atoms with Crippen molar-refractivity contribution in [3.05, 3.63) is 96.0 Å². The summed E-state index contributed by atoms with van der Waals surface area (Å²) >= 11 is 0. The molecule has 0 aliphatic carbocycles. The number of carbonyl (C=O) groups is 2. The number of imidazole rings is 1. The summed E-state index contributed by atoms with van der Waals surface area (Å²) in [5.41, 5.74) is 2.70. The fourth-order valence-electron chi connectivity index (χ4n) is 2.85. The first-order valence-corrected chi connectivity index (χ1v) is 8.56. The Hall–Kier alpha value is -3.87. The molecule has 0 atom stereocenters. The fraction of sp³-hybridized carbons (Fsp3) is 0.0476. The van der Waals surface area contributed by atoms with Crippen LogP contribution in [0.3, 0.4) is 0 Å². The van der Waals surface area contributed by atoms with Gasteiger partial charge in [-0.3, -0.25) is 19.0 Å². The second-order valence-electron chi connectivity index (χ2n) is 6.21. The number of Topliss-reactive ketones (excluding diaryl/α,β-unsaturated/α-hetero) is 1. The van der Waals surface area contributed by atoms with Crippen molar-refractivity contribution in [2.24, 2.45) is 0 Å². The van der Waals surface area contributed by atoms with E-state index in [4.69, 9.17) is 0 Å². The molecule has 1 amide bonds. The molecule has 1 aromatic carbocycles. The maximum atomic E-state index is 13.5. The number of ketones is 1. The summed E-state index contributed by atoms with van der Waals surface area (Å²) < 4.78 is 14.9. The topological polar surface area (TPSA) is 76.4 Å². The van der Waals surface area contributed by atoms with E-state index in [-0.39, 0.29) is 18.1 Å². The Balaban J connectivity index is 1.47. The molecular formula is C21H15FN4O2. The van der Waals surface area contributed by atoms with E-state index in [1.54, 1.807) is 48.8 Å². The van der Waals surface area contributed by atoms with Crippen LogP contribution in [-0.4, -0.2) is 26.1 Å². The van der Waals surface area contributed by atoms with Crippen LogP contribution in [0, 0.1) is 5.82 Å². The minimum absolute atomic E-state index is 0.122. The van der Waals surface area contributed by atoms with Gasteiger partial charge in [0.2, 0.25) is 0 Å². The SMILES string of the molecule is O=C(Nc1ccncc1)c1ccc(CC(=O)c2cnc3ccc(F)cn23)cc1. The molecule has 0 aliphatic rings. The van der Waals surface area contributed by atoms with Crippen LogP contribution < -0.4 is 5.32 Å². The number of hydrogen-bond donors (Lipinski definition) is 1. The van der Waals surface area contributed by atoms with E-state index < -0.39 is 5.82 Å². The first-order valence-electron chi connectivity index (χ1n) is 8.56. The zero-order valence-corrected chi connectivity index (χ0v) is 14.7. The lowest BCUT2D eigenvalue weighted by Gasteiger charge is -2.06. The van der Waals surface area contributed by atoms with E-state index in [1.807, 2.05) is 0 Å². The van der Waals surface area contributed by atoms with Gasteiger partial charge in [-0.2, -0.15) is 0 Å². The molecule has 0 aliphatic heterocycles. The highest BCUT2D eigenvalue weighted by molar-refractivity contribution is 6.04. The summed E-state index contributed by atoms with van der Waals surface area (Å²) in [5.74, 6) is -0.877. The van der Waals surface area contributed by atoms with E-state index >= 15 is 0 Å². The standard InChI is InChI=1S/C21H15FN4O2/c22-16-5-6-20-24-12-18(26(20)13-16)19(27)11-14-1-3-15(4-2-14)21(28)25-17-7-9-23-10-8-17/h1-10,12-13H,11H2,(H,23,25,28). The largest absolute Gasteiger partial charge is 0.322 e. The van der Waals surface area contributed by atoms with Crippen molar-refractivity contribution in [1.82, 2.24) is 14.4 Å². The molecule has 0 saturated carbocycles. The van der Waals surface area contributed by atoms with Crippen molar-refractivity contribution in [2.45, 2.75) is 6.42 Å². The summed E-state index contributed by atoms with van der Waals surface area (Å²) in [6.07, 6.45) is 5.99. The minimum Gasteiger partial charge on any atom is -0.322 e. The van der Waals surface area contributed by atoms with Crippen molar-refractivity contribution in [3.8, 4) is 0 Å². The van der Waals surface area contributed by atoms with Gasteiger partial charge in [-0.05, 0) is 42.0 Å². The average molecular weight is 374 g/mol. The molecule has 7 heteroatoms. The van der Waals surface area contributed by atoms with Crippen LogP contribution in [0.25, 0.3) is 5.65 Å². The molecule has 1 N–H and O–H groups in total. The second kappa shape index (κ2) is 7.40. The van der Waals surface area contributed by atoms with Crippen LogP contribution >= 0.6 is 0 Å². The molecule has 0 unspecified atom stereocenters. The lowest BCUT2D eigenvalue weighted by atomic mass is 10.0. The highest BCUT2D eigenvalue weighted by Crippen LogP contribution is 2.14. The van der Waals surface area contributed by atoms with Crippen LogP contribution in [-0.2, 0) is 6.42 Å². The maximum Gasteiger partial charge on any atom is 0.255 e. The molecule has 3 aromatic heterocycles. The monoisotopic (exact) mass is 374 g/mol. The van der Waals surface area contributed by atoms with E-state index in [9.17, 15) is 14.0 Å². The molecule has 6 nitrogen and oxygen atoms in total. The van der Waals surface area contributed by atoms with Crippen molar-refractivity contribution >= 4 is 23.0 Å². The summed E-state index contributed by atoms with van der Waals surface area (Å²) in [6.45, 7) is 0. The van der Waals surface area contributed by atoms with Crippen LogP contribution in [0.15, 0.2) is 73.3 Å². The van der Waals surface area contributed by atoms with Gasteiger partial charge >= 0.3 is 0 Å². The number of hydrogen-bond acceptors (Lipinski definition) is 4. The third-order valence-corrected chi connectivity index (χ3v) is 4.27. The Kier molecular flexibility index (Phi) is 4.63. The number of halogens is 1. The van der Waals surface area contributed by atoms with Gasteiger partial charge in [0.25, 0.3) is 5.91 Å². The molecule has 0 bridgehead atoms. The Labute approximate surface area is 159 Å². The summed E-state index contributed by atoms with van der Waals surface area (Å²) in [5, 5.41) is 2.77. The molecule has 0 spiro atoms. The Bertz CT molecular complexity index is 1150. The lowest BCUT2D eigenvalue weighted by Crippen LogP contribution is -2.12. The third-order valence-electron chi connectivity index (χ3n) is 4.27. The van der Waals surface area contributed by atoms with E-state index in [0.29, 0.717) is 22.6 Å². The average Bonchev–Trinajstić information content (AvgIpc) is 3.12. The van der Waals surface area contributed by atoms with E-state index in [1.165, 1.54) is 28.9 Å². The van der Waals surface area contributed by atoms with Crippen molar-refractivity contribution < 1.29 is 14.0 Å². The normalized spacial score (nSPS) is 10.8. The predicted molar refractivity (Wildman–Crippen MR) is 102 cm³/mol. The molecule has 0 radical (unpaired) electrons. The van der Waals surface area contributed by atoms with Crippen LogP contribution in [0.5, 0.6) is 0 Å². The molecule has 0 saturated heterocycles. The molecule has 0 fully saturated rings. The number of rotatable bonds is 5. The zero-order chi connectivity index (χ0) is 19.5. The lowest BCUT2D eigenvalue weighted by molar-refractivity contribution is 0.0986. The first kappa shape index (κ1) is 17.5. The van der Waals surface area contributed by atoms with E-state index in [0.717, 1.165) is 5.56 Å². The number of aromatic nitrogens is 3. The van der Waals surface area contributed by atoms with Crippen LogP contribution in [0.1, 0.15) is 26.4 Å². The van der Waals surface area contributed by atoms with E-state index in [2.05, 4.69) is 15.3 Å². The number of carbonyl (C=O) groups excluding carboxylic acids is 2. The summed E-state index contributed by atoms with van der Waals surface area (Å²) in [7, 11) is 0. The summed E-state index contributed by atoms with van der Waals surface area (Å²) in [6, 6.07) is 13.0. The number of nitrogens with zero attached hydrogens (tertiary/aromatic N) is 3. The molecule has 3 heterocycles. The Morgan fingerprint density at radius 1 is 1.00 bits per heavy atom. The molecule has 138 valence electrons. The van der Waals surface area contributed by atoms with Gasteiger partial charge in [0, 0.05) is 36.3 Å². The van der Waals surface area contributed by atoms with Gasteiger partial charge in [0.05, 0.1) is 6.20 Å². The number of nitrogens with one attached hydrogen (secondary N) is 1. The van der Waals surface area contributed by atoms with Crippen molar-refractivity contribution in [1.29, 1.82) is 0 Å². The quantitative estimate of drug-likeness (QED) is 0.542. The number of amides is 1. The second-order valence-corrected chi connectivity index (χ2v) is 6.21. The number of benzene rings is 1.